The summed E-state index contributed by atoms with van der Waals surface area (Å²) in [5.41, 5.74) is 1.35. The minimum atomic E-state index is -0.806. The topological polar surface area (TPSA) is 98.1 Å². The molecule has 1 N–H and O–H groups in total. The summed E-state index contributed by atoms with van der Waals surface area (Å²) >= 11 is 3.52. The Balaban J connectivity index is 1.43. The quantitative estimate of drug-likeness (QED) is 0.210. The molecule has 8 nitrogen and oxygen atoms in total. The smallest absolute Gasteiger partial charge is 0.331 e. The van der Waals surface area contributed by atoms with Gasteiger partial charge in [-0.25, -0.2) is 4.79 Å². The lowest BCUT2D eigenvalue weighted by Gasteiger charge is -2.25. The number of carbonyl (C=O) groups is 3. The lowest BCUT2D eigenvalue weighted by molar-refractivity contribution is -0.130. The summed E-state index contributed by atoms with van der Waals surface area (Å²) in [5.74, 6) is -0.138. The van der Waals surface area contributed by atoms with Crippen LogP contribution < -0.4 is 14.8 Å². The van der Waals surface area contributed by atoms with E-state index in [4.69, 9.17) is 13.9 Å². The number of rotatable bonds is 8. The summed E-state index contributed by atoms with van der Waals surface area (Å²) in [6.45, 7) is 2.45. The third-order valence-corrected chi connectivity index (χ3v) is 6.69. The van der Waals surface area contributed by atoms with Crippen molar-refractivity contribution >= 4 is 50.6 Å². The number of hydrogen-bond acceptors (Lipinski definition) is 6. The van der Waals surface area contributed by atoms with Crippen LogP contribution in [0.2, 0.25) is 0 Å². The number of benzene rings is 3. The number of furan rings is 1. The molecule has 192 valence electrons. The standard InChI is InChI=1S/C29H23BrN2O6/c1-2-36-25-14-20(13-23-27(33)31-29(35)32(28(23)34)16-21-10-6-12-37-21)24(30)15-26(25)38-17-19-9-5-8-18-7-3-4-11-22(18)19/h3-15H,2,16-17H2,1H3,(H,31,33,35)/b23-13+. The van der Waals surface area contributed by atoms with Gasteiger partial charge < -0.3 is 13.9 Å². The number of fused-ring (bicyclic) bond motifs is 1. The fourth-order valence-corrected chi connectivity index (χ4v) is 4.60. The Morgan fingerprint density at radius 3 is 2.55 bits per heavy atom. The molecule has 4 aromatic rings. The number of amides is 4. The van der Waals surface area contributed by atoms with Crippen LogP contribution in [0.15, 0.2) is 87.5 Å². The highest BCUT2D eigenvalue weighted by molar-refractivity contribution is 9.10. The first-order chi connectivity index (χ1) is 18.4. The SMILES string of the molecule is CCOc1cc(/C=C2\C(=O)NC(=O)N(Cc3ccco3)C2=O)c(Br)cc1OCc1cccc2ccccc12. The molecule has 9 heteroatoms. The Bertz CT molecular complexity index is 1560. The maximum Gasteiger partial charge on any atom is 0.331 e. The fraction of sp³-hybridized carbons (Fsp3) is 0.138. The molecule has 1 fully saturated rings. The molecule has 0 atom stereocenters. The second-order valence-corrected chi connectivity index (χ2v) is 9.32. The molecule has 1 aromatic heterocycles. The molecule has 1 aliphatic heterocycles. The van der Waals surface area contributed by atoms with Crippen molar-refractivity contribution in [1.82, 2.24) is 10.2 Å². The second-order valence-electron chi connectivity index (χ2n) is 8.47. The molecular formula is C29H23BrN2O6. The molecule has 2 heterocycles. The van der Waals surface area contributed by atoms with Crippen LogP contribution in [-0.2, 0) is 22.7 Å². The van der Waals surface area contributed by atoms with E-state index >= 15 is 0 Å². The Morgan fingerprint density at radius 1 is 0.974 bits per heavy atom. The van der Waals surface area contributed by atoms with E-state index in [0.717, 1.165) is 21.2 Å². The van der Waals surface area contributed by atoms with Gasteiger partial charge in [-0.15, -0.1) is 0 Å². The summed E-state index contributed by atoms with van der Waals surface area (Å²) < 4.78 is 17.8. The Hall–Kier alpha value is -4.37. The number of urea groups is 1. The van der Waals surface area contributed by atoms with Crippen LogP contribution in [0, 0.1) is 0 Å². The first kappa shape index (κ1) is 25.3. The van der Waals surface area contributed by atoms with E-state index in [1.54, 1.807) is 24.3 Å². The third kappa shape index (κ3) is 5.19. The van der Waals surface area contributed by atoms with Crippen molar-refractivity contribution in [2.75, 3.05) is 6.61 Å². The zero-order chi connectivity index (χ0) is 26.6. The Morgan fingerprint density at radius 2 is 1.76 bits per heavy atom. The van der Waals surface area contributed by atoms with Crippen molar-refractivity contribution < 1.29 is 28.3 Å². The highest BCUT2D eigenvalue weighted by atomic mass is 79.9. The number of nitrogens with one attached hydrogen (secondary N) is 1. The molecule has 1 aliphatic rings. The number of hydrogen-bond donors (Lipinski definition) is 1. The molecule has 0 bridgehead atoms. The largest absolute Gasteiger partial charge is 0.490 e. The highest BCUT2D eigenvalue weighted by Crippen LogP contribution is 2.36. The molecule has 0 spiro atoms. The number of halogens is 1. The van der Waals surface area contributed by atoms with Crippen LogP contribution in [0.5, 0.6) is 11.5 Å². The van der Waals surface area contributed by atoms with Gasteiger partial charge in [-0.1, -0.05) is 58.4 Å². The van der Waals surface area contributed by atoms with E-state index in [1.807, 2.05) is 31.2 Å². The molecular weight excluding hydrogens is 552 g/mol. The van der Waals surface area contributed by atoms with Gasteiger partial charge in [0.05, 0.1) is 19.4 Å². The van der Waals surface area contributed by atoms with Crippen molar-refractivity contribution in [2.45, 2.75) is 20.1 Å². The number of barbiturate groups is 1. The van der Waals surface area contributed by atoms with Gasteiger partial charge in [0, 0.05) is 4.47 Å². The predicted molar refractivity (Wildman–Crippen MR) is 144 cm³/mol. The van der Waals surface area contributed by atoms with Crippen molar-refractivity contribution in [3.8, 4) is 11.5 Å². The first-order valence-corrected chi connectivity index (χ1v) is 12.7. The van der Waals surface area contributed by atoms with Crippen LogP contribution in [0.1, 0.15) is 23.8 Å². The third-order valence-electron chi connectivity index (χ3n) is 6.01. The summed E-state index contributed by atoms with van der Waals surface area (Å²) in [6, 6.07) is 20.0. The van der Waals surface area contributed by atoms with Crippen molar-refractivity contribution in [1.29, 1.82) is 0 Å². The van der Waals surface area contributed by atoms with Gasteiger partial charge in [-0.05, 0) is 59.2 Å². The van der Waals surface area contributed by atoms with Crippen molar-refractivity contribution in [2.24, 2.45) is 0 Å². The lowest BCUT2D eigenvalue weighted by atomic mass is 10.1. The summed E-state index contributed by atoms with van der Waals surface area (Å²) in [6.07, 6.45) is 2.86. The fourth-order valence-electron chi connectivity index (χ4n) is 4.17. The van der Waals surface area contributed by atoms with Crippen LogP contribution in [-0.4, -0.2) is 29.4 Å². The van der Waals surface area contributed by atoms with Gasteiger partial charge in [0.2, 0.25) is 0 Å². The van der Waals surface area contributed by atoms with E-state index in [9.17, 15) is 14.4 Å². The van der Waals surface area contributed by atoms with Gasteiger partial charge in [-0.2, -0.15) is 0 Å². The summed E-state index contributed by atoms with van der Waals surface area (Å²) in [7, 11) is 0. The Labute approximate surface area is 226 Å². The van der Waals surface area contributed by atoms with Crippen molar-refractivity contribution in [3.63, 3.8) is 0 Å². The second kappa shape index (κ2) is 10.9. The molecule has 0 saturated carbocycles. The van der Waals surface area contributed by atoms with Gasteiger partial charge in [0.1, 0.15) is 17.9 Å². The predicted octanol–water partition coefficient (Wildman–Crippen LogP) is 5.84. The monoisotopic (exact) mass is 574 g/mol. The zero-order valence-electron chi connectivity index (χ0n) is 20.4. The van der Waals surface area contributed by atoms with Gasteiger partial charge in [0.15, 0.2) is 11.5 Å². The molecule has 4 amide bonds. The lowest BCUT2D eigenvalue weighted by Crippen LogP contribution is -2.53. The molecule has 1 saturated heterocycles. The highest BCUT2D eigenvalue weighted by Gasteiger charge is 2.36. The van der Waals surface area contributed by atoms with E-state index in [1.165, 1.54) is 12.3 Å². The maximum atomic E-state index is 13.1. The van der Waals surface area contributed by atoms with Gasteiger partial charge in [-0.3, -0.25) is 19.8 Å². The van der Waals surface area contributed by atoms with Crippen LogP contribution in [0.25, 0.3) is 16.8 Å². The number of carbonyl (C=O) groups excluding carboxylic acids is 3. The van der Waals surface area contributed by atoms with Gasteiger partial charge in [0.25, 0.3) is 11.8 Å². The molecule has 3 aromatic carbocycles. The van der Waals surface area contributed by atoms with Crippen LogP contribution >= 0.6 is 15.9 Å². The minimum absolute atomic E-state index is 0.103. The maximum absolute atomic E-state index is 13.1. The van der Waals surface area contributed by atoms with E-state index in [-0.39, 0.29) is 12.1 Å². The van der Waals surface area contributed by atoms with E-state index in [0.29, 0.717) is 40.5 Å². The van der Waals surface area contributed by atoms with Gasteiger partial charge >= 0.3 is 6.03 Å². The summed E-state index contributed by atoms with van der Waals surface area (Å²) in [4.78, 5) is 38.9. The summed E-state index contributed by atoms with van der Waals surface area (Å²) in [5, 5.41) is 4.44. The number of ether oxygens (including phenoxy) is 2. The minimum Gasteiger partial charge on any atom is -0.490 e. The average molecular weight is 575 g/mol. The average Bonchev–Trinajstić information content (AvgIpc) is 3.43. The molecule has 0 unspecified atom stereocenters. The number of imide groups is 2. The molecule has 0 aliphatic carbocycles. The molecule has 38 heavy (non-hydrogen) atoms. The normalized spacial score (nSPS) is 14.7. The van der Waals surface area contributed by atoms with Crippen molar-refractivity contribution in [3.05, 3.63) is 99.9 Å². The Kier molecular flexibility index (Phi) is 7.28. The van der Waals surface area contributed by atoms with Crippen LogP contribution in [0.3, 0.4) is 0 Å². The first-order valence-electron chi connectivity index (χ1n) is 11.9. The van der Waals surface area contributed by atoms with E-state index in [2.05, 4.69) is 39.4 Å². The molecule has 5 rings (SSSR count). The van der Waals surface area contributed by atoms with Crippen LogP contribution in [0.4, 0.5) is 4.79 Å². The van der Waals surface area contributed by atoms with E-state index < -0.39 is 17.8 Å². The number of nitrogens with zero attached hydrogens (tertiary/aromatic N) is 1. The zero-order valence-corrected chi connectivity index (χ0v) is 22.0. The molecule has 0 radical (unpaired) electrons.